The average molecular weight is 415 g/mol. The summed E-state index contributed by atoms with van der Waals surface area (Å²) in [5, 5.41) is 4.00. The van der Waals surface area contributed by atoms with Gasteiger partial charge in [-0.2, -0.15) is 4.98 Å². The summed E-state index contributed by atoms with van der Waals surface area (Å²) in [7, 11) is 1.64. The van der Waals surface area contributed by atoms with Crippen LogP contribution in [0.4, 0.5) is 0 Å². The predicted octanol–water partition coefficient (Wildman–Crippen LogP) is 3.29. The van der Waals surface area contributed by atoms with Crippen LogP contribution in [0.15, 0.2) is 28.8 Å². The van der Waals surface area contributed by atoms with Crippen molar-refractivity contribution in [2.24, 2.45) is 0 Å². The molecular weight excluding hydrogens is 380 g/mol. The standard InChI is InChI=1S/C23H34N4O3/c1-28-18-22-24-23(30-25-22)17-26-11-5-15-29-21-8-4-6-19(16-21)9-10-20-7-2-3-12-27(20)14-13-26/h4,6,8,16,20H,2-3,5,7,9-15,17-18H2,1H3. The first-order chi connectivity index (χ1) is 14.8. The van der Waals surface area contributed by atoms with Crippen LogP contribution < -0.4 is 4.74 Å². The molecule has 1 fully saturated rings. The van der Waals surface area contributed by atoms with E-state index in [2.05, 4.69) is 44.2 Å². The maximum absolute atomic E-state index is 6.03. The lowest BCUT2D eigenvalue weighted by atomic mass is 9.95. The molecule has 2 aliphatic heterocycles. The molecule has 7 heteroatoms. The van der Waals surface area contributed by atoms with Crippen molar-refractivity contribution in [3.8, 4) is 5.75 Å². The summed E-state index contributed by atoms with van der Waals surface area (Å²) >= 11 is 0. The molecule has 0 amide bonds. The van der Waals surface area contributed by atoms with E-state index in [1.54, 1.807) is 7.11 Å². The van der Waals surface area contributed by atoms with Crippen LogP contribution in [0.5, 0.6) is 5.75 Å². The second-order valence-electron chi connectivity index (χ2n) is 8.39. The topological polar surface area (TPSA) is 63.9 Å². The third-order valence-corrected chi connectivity index (χ3v) is 6.15. The van der Waals surface area contributed by atoms with Crippen LogP contribution >= 0.6 is 0 Å². The van der Waals surface area contributed by atoms with E-state index in [-0.39, 0.29) is 0 Å². The molecule has 0 radical (unpaired) electrons. The molecule has 30 heavy (non-hydrogen) atoms. The van der Waals surface area contributed by atoms with Crippen molar-refractivity contribution < 1.29 is 14.0 Å². The molecule has 2 bridgehead atoms. The highest BCUT2D eigenvalue weighted by molar-refractivity contribution is 5.28. The van der Waals surface area contributed by atoms with Crippen molar-refractivity contribution in [2.45, 2.75) is 57.7 Å². The molecule has 4 rings (SSSR count). The van der Waals surface area contributed by atoms with Gasteiger partial charge in [-0.05, 0) is 56.3 Å². The third-order valence-electron chi connectivity index (χ3n) is 6.15. The molecule has 2 aliphatic rings. The van der Waals surface area contributed by atoms with E-state index in [0.717, 1.165) is 38.2 Å². The summed E-state index contributed by atoms with van der Waals surface area (Å²) in [6, 6.07) is 9.30. The van der Waals surface area contributed by atoms with Crippen LogP contribution in [0.25, 0.3) is 0 Å². The molecule has 0 spiro atoms. The van der Waals surface area contributed by atoms with Crippen LogP contribution in [0.2, 0.25) is 0 Å². The first-order valence-electron chi connectivity index (χ1n) is 11.3. The van der Waals surface area contributed by atoms with Crippen LogP contribution in [0.3, 0.4) is 0 Å². The van der Waals surface area contributed by atoms with Gasteiger partial charge in [0.2, 0.25) is 5.89 Å². The SMILES string of the molecule is COCc1noc(CN2CCCOc3cccc(c3)CCC3CCCCN3CC2)n1. The van der Waals surface area contributed by atoms with Gasteiger partial charge >= 0.3 is 0 Å². The lowest BCUT2D eigenvalue weighted by Gasteiger charge is -2.37. The van der Waals surface area contributed by atoms with E-state index < -0.39 is 0 Å². The zero-order valence-electron chi connectivity index (χ0n) is 18.1. The Hall–Kier alpha value is -1.96. The number of fused-ring (bicyclic) bond motifs is 3. The van der Waals surface area contributed by atoms with Gasteiger partial charge in [-0.25, -0.2) is 0 Å². The number of methoxy groups -OCH3 is 1. The third kappa shape index (κ3) is 6.03. The van der Waals surface area contributed by atoms with Crippen molar-refractivity contribution in [1.29, 1.82) is 0 Å². The van der Waals surface area contributed by atoms with Gasteiger partial charge in [0, 0.05) is 32.8 Å². The van der Waals surface area contributed by atoms with Gasteiger partial charge in [-0.1, -0.05) is 23.7 Å². The zero-order valence-corrected chi connectivity index (χ0v) is 18.1. The number of rotatable bonds is 4. The summed E-state index contributed by atoms with van der Waals surface area (Å²) in [5.74, 6) is 2.25. The second kappa shape index (κ2) is 10.9. The Morgan fingerprint density at radius 3 is 3.00 bits per heavy atom. The Bertz CT molecular complexity index is 781. The summed E-state index contributed by atoms with van der Waals surface area (Å²) in [5.41, 5.74) is 1.39. The first-order valence-corrected chi connectivity index (χ1v) is 11.3. The fourth-order valence-corrected chi connectivity index (χ4v) is 4.56. The van der Waals surface area contributed by atoms with Crippen molar-refractivity contribution in [3.05, 3.63) is 41.5 Å². The molecular formula is C23H34N4O3. The second-order valence-corrected chi connectivity index (χ2v) is 8.39. The minimum Gasteiger partial charge on any atom is -0.494 e. The van der Waals surface area contributed by atoms with Gasteiger partial charge in [-0.15, -0.1) is 0 Å². The molecule has 3 heterocycles. The van der Waals surface area contributed by atoms with E-state index >= 15 is 0 Å². The number of hydrogen-bond acceptors (Lipinski definition) is 7. The Morgan fingerprint density at radius 1 is 1.10 bits per heavy atom. The highest BCUT2D eigenvalue weighted by Gasteiger charge is 2.23. The Balaban J connectivity index is 1.44. The summed E-state index contributed by atoms with van der Waals surface area (Å²) < 4.78 is 16.6. The summed E-state index contributed by atoms with van der Waals surface area (Å²) in [6.45, 7) is 6.01. The summed E-state index contributed by atoms with van der Waals surface area (Å²) in [6.07, 6.45) is 7.26. The van der Waals surface area contributed by atoms with Gasteiger partial charge in [0.15, 0.2) is 5.82 Å². The number of aromatic nitrogens is 2. The van der Waals surface area contributed by atoms with Crippen molar-refractivity contribution in [3.63, 3.8) is 0 Å². The molecule has 1 atom stereocenters. The molecule has 7 nitrogen and oxygen atoms in total. The predicted molar refractivity (Wildman–Crippen MR) is 114 cm³/mol. The minimum absolute atomic E-state index is 0.381. The van der Waals surface area contributed by atoms with Gasteiger partial charge in [0.25, 0.3) is 0 Å². The largest absolute Gasteiger partial charge is 0.494 e. The van der Waals surface area contributed by atoms with Crippen LogP contribution in [-0.2, 0) is 24.3 Å². The number of benzene rings is 1. The number of hydrogen-bond donors (Lipinski definition) is 0. The fourth-order valence-electron chi connectivity index (χ4n) is 4.56. The van der Waals surface area contributed by atoms with E-state index in [4.69, 9.17) is 14.0 Å². The number of nitrogens with zero attached hydrogens (tertiary/aromatic N) is 4. The zero-order chi connectivity index (χ0) is 20.6. The van der Waals surface area contributed by atoms with Crippen LogP contribution in [0, 0.1) is 0 Å². The highest BCUT2D eigenvalue weighted by atomic mass is 16.5. The maximum atomic E-state index is 6.03. The Morgan fingerprint density at radius 2 is 2.07 bits per heavy atom. The average Bonchev–Trinajstić information content (AvgIpc) is 3.21. The molecule has 1 unspecified atom stereocenters. The molecule has 0 N–H and O–H groups in total. The van der Waals surface area contributed by atoms with Gasteiger partial charge in [-0.3, -0.25) is 9.80 Å². The summed E-state index contributed by atoms with van der Waals surface area (Å²) in [4.78, 5) is 9.58. The number of piperidine rings is 1. The maximum Gasteiger partial charge on any atom is 0.240 e. The van der Waals surface area contributed by atoms with Crippen molar-refractivity contribution in [2.75, 3.05) is 39.9 Å². The fraction of sp³-hybridized carbons (Fsp3) is 0.652. The van der Waals surface area contributed by atoms with Gasteiger partial charge in [0.05, 0.1) is 13.2 Å². The minimum atomic E-state index is 0.381. The lowest BCUT2D eigenvalue weighted by Crippen LogP contribution is -2.44. The molecule has 0 saturated carbocycles. The molecule has 0 aliphatic carbocycles. The van der Waals surface area contributed by atoms with E-state index in [1.807, 2.05) is 0 Å². The molecule has 1 aromatic carbocycles. The quantitative estimate of drug-likeness (QED) is 0.761. The van der Waals surface area contributed by atoms with E-state index in [9.17, 15) is 0 Å². The monoisotopic (exact) mass is 414 g/mol. The smallest absolute Gasteiger partial charge is 0.240 e. The number of aryl methyl sites for hydroxylation is 1. The lowest BCUT2D eigenvalue weighted by molar-refractivity contribution is 0.110. The van der Waals surface area contributed by atoms with E-state index in [1.165, 1.54) is 37.8 Å². The molecule has 164 valence electrons. The number of ether oxygens (including phenoxy) is 2. The Labute approximate surface area is 179 Å². The molecule has 2 aromatic rings. The Kier molecular flexibility index (Phi) is 7.72. The van der Waals surface area contributed by atoms with Crippen LogP contribution in [-0.4, -0.2) is 65.9 Å². The van der Waals surface area contributed by atoms with Crippen LogP contribution in [0.1, 0.15) is 49.4 Å². The molecule has 1 aromatic heterocycles. The van der Waals surface area contributed by atoms with Crippen molar-refractivity contribution >= 4 is 0 Å². The van der Waals surface area contributed by atoms with Gasteiger partial charge in [0.1, 0.15) is 12.4 Å². The normalized spacial score (nSPS) is 22.1. The van der Waals surface area contributed by atoms with Gasteiger partial charge < -0.3 is 14.0 Å². The van der Waals surface area contributed by atoms with E-state index in [0.29, 0.717) is 37.5 Å². The highest BCUT2D eigenvalue weighted by Crippen LogP contribution is 2.23. The van der Waals surface area contributed by atoms with Crippen molar-refractivity contribution in [1.82, 2.24) is 19.9 Å². The molecule has 1 saturated heterocycles. The first kappa shape index (κ1) is 21.3.